The molecule has 1 N–H and O–H groups in total. The van der Waals surface area contributed by atoms with Crippen LogP contribution in [0.3, 0.4) is 0 Å². The van der Waals surface area contributed by atoms with Crippen molar-refractivity contribution in [1.29, 1.82) is 0 Å². The fourth-order valence-electron chi connectivity index (χ4n) is 5.94. The Balaban J connectivity index is 1.22. The van der Waals surface area contributed by atoms with Gasteiger partial charge >= 0.3 is 5.97 Å². The van der Waals surface area contributed by atoms with Crippen LogP contribution in [0.2, 0.25) is 5.02 Å². The Labute approximate surface area is 316 Å². The monoisotopic (exact) mass is 747 g/mol. The summed E-state index contributed by atoms with van der Waals surface area (Å²) in [5.74, 6) is 1.61. The van der Waals surface area contributed by atoms with Gasteiger partial charge in [-0.3, -0.25) is 19.1 Å². The van der Waals surface area contributed by atoms with Gasteiger partial charge in [0.2, 0.25) is 5.91 Å². The molecule has 2 aromatic carbocycles. The third kappa shape index (κ3) is 9.87. The highest BCUT2D eigenvalue weighted by molar-refractivity contribution is 7.15. The fourth-order valence-corrected chi connectivity index (χ4v) is 7.28. The van der Waals surface area contributed by atoms with Crippen LogP contribution in [-0.4, -0.2) is 55.8 Å². The van der Waals surface area contributed by atoms with Gasteiger partial charge in [0.15, 0.2) is 5.82 Å². The highest BCUT2D eigenvalue weighted by Crippen LogP contribution is 2.40. The third-order valence-electron chi connectivity index (χ3n) is 8.82. The quantitative estimate of drug-likeness (QED) is 0.136. The molecule has 0 bridgehead atoms. The molecule has 10 nitrogen and oxygen atoms in total. The molecular weight excluding hydrogens is 698 g/mol. The molecule has 0 unspecified atom stereocenters. The second-order valence-corrected chi connectivity index (χ2v) is 17.1. The number of aryl methyl sites for hydroxylation is 2. The number of ether oxygens (including phenoxy) is 3. The number of aromatic nitrogens is 3. The van der Waals surface area contributed by atoms with Crippen molar-refractivity contribution >= 4 is 46.2 Å². The van der Waals surface area contributed by atoms with Gasteiger partial charge in [-0.1, -0.05) is 23.7 Å². The first-order chi connectivity index (χ1) is 24.3. The van der Waals surface area contributed by atoms with Crippen LogP contribution in [0.4, 0.5) is 5.69 Å². The lowest BCUT2D eigenvalue weighted by Crippen LogP contribution is -2.33. The Morgan fingerprint density at radius 3 is 2.23 bits per heavy atom. The maximum Gasteiger partial charge on any atom is 0.306 e. The van der Waals surface area contributed by atoms with E-state index in [4.69, 9.17) is 30.8 Å². The number of aliphatic imine (C=N–C) groups is 1. The highest BCUT2D eigenvalue weighted by atomic mass is 35.5. The maximum atomic E-state index is 13.6. The van der Waals surface area contributed by atoms with Gasteiger partial charge in [-0.05, 0) is 118 Å². The van der Waals surface area contributed by atoms with E-state index in [2.05, 4.69) is 29.4 Å². The molecule has 3 heterocycles. The predicted octanol–water partition coefficient (Wildman–Crippen LogP) is 9.29. The van der Waals surface area contributed by atoms with Crippen molar-refractivity contribution in [2.45, 2.75) is 118 Å². The number of carbonyl (C=O) groups is 2. The summed E-state index contributed by atoms with van der Waals surface area (Å²) in [7, 11) is 0. The Bertz CT molecular complexity index is 1940. The molecule has 4 aromatic rings. The summed E-state index contributed by atoms with van der Waals surface area (Å²) < 4.78 is 19.9. The van der Waals surface area contributed by atoms with Crippen molar-refractivity contribution in [3.63, 3.8) is 0 Å². The predicted molar refractivity (Wildman–Crippen MR) is 207 cm³/mol. The number of hydrogen-bond acceptors (Lipinski definition) is 9. The third-order valence-corrected chi connectivity index (χ3v) is 10.3. The Hall–Kier alpha value is -4.06. The lowest BCUT2D eigenvalue weighted by atomic mass is 9.99. The molecule has 0 saturated heterocycles. The minimum Gasteiger partial charge on any atom is -0.488 e. The van der Waals surface area contributed by atoms with E-state index in [1.807, 2.05) is 108 Å². The van der Waals surface area contributed by atoms with E-state index in [1.165, 1.54) is 4.88 Å². The number of halogens is 1. The number of fused-ring (bicyclic) bond motifs is 3. The van der Waals surface area contributed by atoms with Gasteiger partial charge in [0, 0.05) is 39.6 Å². The fraction of sp³-hybridized carbons (Fsp3) is 0.475. The zero-order chi connectivity index (χ0) is 38.0. The van der Waals surface area contributed by atoms with Gasteiger partial charge in [-0.15, -0.1) is 21.5 Å². The number of esters is 1. The molecular formula is C40H50ClN5O5S. The average Bonchev–Trinajstić information content (AvgIpc) is 3.52. The Morgan fingerprint density at radius 2 is 1.58 bits per heavy atom. The van der Waals surface area contributed by atoms with Crippen LogP contribution in [0.25, 0.3) is 5.00 Å². The Kier molecular flexibility index (Phi) is 11.7. The van der Waals surface area contributed by atoms with E-state index in [0.717, 1.165) is 33.2 Å². The molecule has 0 aliphatic carbocycles. The van der Waals surface area contributed by atoms with Gasteiger partial charge in [-0.25, -0.2) is 0 Å². The van der Waals surface area contributed by atoms with Crippen LogP contribution in [-0.2, 0) is 19.1 Å². The molecule has 2 aromatic heterocycles. The van der Waals surface area contributed by atoms with Crippen molar-refractivity contribution in [3.8, 4) is 10.8 Å². The van der Waals surface area contributed by atoms with E-state index >= 15 is 0 Å². The molecule has 0 saturated carbocycles. The number of nitrogens with zero attached hydrogens (tertiary/aromatic N) is 4. The van der Waals surface area contributed by atoms with E-state index in [9.17, 15) is 9.59 Å². The second-order valence-electron chi connectivity index (χ2n) is 15.5. The minimum atomic E-state index is -0.570. The van der Waals surface area contributed by atoms with Crippen LogP contribution < -0.4 is 10.1 Å². The van der Waals surface area contributed by atoms with Crippen molar-refractivity contribution in [2.24, 2.45) is 4.99 Å². The number of rotatable bonds is 13. The molecule has 278 valence electrons. The molecule has 0 spiro atoms. The van der Waals surface area contributed by atoms with Gasteiger partial charge in [-0.2, -0.15) is 0 Å². The molecule has 52 heavy (non-hydrogen) atoms. The van der Waals surface area contributed by atoms with E-state index in [-0.39, 0.29) is 18.3 Å². The van der Waals surface area contributed by atoms with Gasteiger partial charge < -0.3 is 19.5 Å². The molecule has 0 radical (unpaired) electrons. The van der Waals surface area contributed by atoms with E-state index < -0.39 is 22.8 Å². The first kappa shape index (κ1) is 39.2. The van der Waals surface area contributed by atoms with Crippen LogP contribution in [0.1, 0.15) is 113 Å². The van der Waals surface area contributed by atoms with E-state index in [1.54, 1.807) is 11.3 Å². The van der Waals surface area contributed by atoms with Crippen LogP contribution >= 0.6 is 22.9 Å². The summed E-state index contributed by atoms with van der Waals surface area (Å²) in [4.78, 5) is 32.1. The molecule has 5 rings (SSSR count). The smallest absolute Gasteiger partial charge is 0.306 e. The standard InChI is InChI=1S/C40H50ClN5O5S/c1-24-25(2)52-37-34(24)35(27-11-13-28(41)14-12-27)43-31(36-45-44-26(3)46(36)37)23-32(47)42-29-15-17-30(18-16-29)50-40(9,10)21-22-49-39(7,8)20-19-33(48)51-38(4,5)6/h11-18,31H,19-23H2,1-10H3,(H,42,47)/t31-/m0/s1. The lowest BCUT2D eigenvalue weighted by Gasteiger charge is -2.30. The number of benzene rings is 2. The Morgan fingerprint density at radius 1 is 0.904 bits per heavy atom. The first-order valence-corrected chi connectivity index (χ1v) is 18.8. The number of anilines is 1. The largest absolute Gasteiger partial charge is 0.488 e. The summed E-state index contributed by atoms with van der Waals surface area (Å²) in [6.45, 7) is 20.1. The van der Waals surface area contributed by atoms with Crippen molar-refractivity contribution in [2.75, 3.05) is 11.9 Å². The van der Waals surface area contributed by atoms with Gasteiger partial charge in [0.05, 0.1) is 24.3 Å². The summed E-state index contributed by atoms with van der Waals surface area (Å²) in [5, 5.41) is 13.6. The molecule has 1 amide bonds. The molecule has 12 heteroatoms. The van der Waals surface area contributed by atoms with Crippen molar-refractivity contribution in [1.82, 2.24) is 14.8 Å². The molecule has 1 aliphatic heterocycles. The van der Waals surface area contributed by atoms with Crippen molar-refractivity contribution < 1.29 is 23.8 Å². The molecule has 0 fully saturated rings. The van der Waals surface area contributed by atoms with Crippen molar-refractivity contribution in [3.05, 3.63) is 86.8 Å². The molecule has 1 atom stereocenters. The topological polar surface area (TPSA) is 117 Å². The average molecular weight is 748 g/mol. The lowest BCUT2D eigenvalue weighted by molar-refractivity contribution is -0.156. The number of hydrogen-bond donors (Lipinski definition) is 1. The number of nitrogens with one attached hydrogen (secondary N) is 1. The molecule has 1 aliphatic rings. The van der Waals surface area contributed by atoms with E-state index in [0.29, 0.717) is 48.2 Å². The SMILES string of the molecule is Cc1sc2c(c1C)C(c1ccc(Cl)cc1)=N[C@@H](CC(=O)Nc1ccc(OC(C)(C)CCOC(C)(C)CCC(=O)OC(C)(C)C)cc1)c1nnc(C)n1-2. The first-order valence-electron chi connectivity index (χ1n) is 17.6. The maximum absolute atomic E-state index is 13.6. The van der Waals surface area contributed by atoms with Gasteiger partial charge in [0.25, 0.3) is 0 Å². The number of thiophene rings is 1. The normalized spacial score (nSPS) is 14.6. The summed E-state index contributed by atoms with van der Waals surface area (Å²) in [5.41, 5.74) is 3.01. The van der Waals surface area contributed by atoms with Crippen LogP contribution in [0.15, 0.2) is 53.5 Å². The number of amides is 1. The van der Waals surface area contributed by atoms with Crippen LogP contribution in [0.5, 0.6) is 5.75 Å². The summed E-state index contributed by atoms with van der Waals surface area (Å²) in [6.07, 6.45) is 1.56. The highest BCUT2D eigenvalue weighted by Gasteiger charge is 2.33. The number of carbonyl (C=O) groups excluding carboxylic acids is 2. The second kappa shape index (κ2) is 15.5. The zero-order valence-corrected chi connectivity index (χ0v) is 33.4. The van der Waals surface area contributed by atoms with Gasteiger partial charge in [0.1, 0.15) is 33.8 Å². The van der Waals surface area contributed by atoms with Crippen LogP contribution in [0, 0.1) is 20.8 Å². The minimum absolute atomic E-state index is 0.0710. The summed E-state index contributed by atoms with van der Waals surface area (Å²) >= 11 is 7.91. The zero-order valence-electron chi connectivity index (χ0n) is 31.8. The summed E-state index contributed by atoms with van der Waals surface area (Å²) in [6, 6.07) is 14.4.